The van der Waals surface area contributed by atoms with Gasteiger partial charge < -0.3 is 24.2 Å². The number of amides is 1. The highest BCUT2D eigenvalue weighted by Gasteiger charge is 2.27. The first-order valence-corrected chi connectivity index (χ1v) is 8.53. The van der Waals surface area contributed by atoms with Crippen molar-refractivity contribution in [1.29, 1.82) is 0 Å². The maximum absolute atomic E-state index is 12.9. The number of carbonyl (C=O) groups excluding carboxylic acids is 1. The number of hydrogen-bond donors (Lipinski definition) is 1. The molecule has 0 radical (unpaired) electrons. The highest BCUT2D eigenvalue weighted by molar-refractivity contribution is 5.97. The number of likely N-dealkylation sites (N-methyl/N-ethyl adjacent to an activating group) is 1. The Hall–Kier alpha value is -2.16. The van der Waals surface area contributed by atoms with Crippen LogP contribution in [0, 0.1) is 0 Å². The van der Waals surface area contributed by atoms with Gasteiger partial charge in [0, 0.05) is 26.7 Å². The van der Waals surface area contributed by atoms with Crippen LogP contribution in [0.3, 0.4) is 0 Å². The first-order valence-electron chi connectivity index (χ1n) is 8.53. The fourth-order valence-electron chi connectivity index (χ4n) is 2.83. The van der Waals surface area contributed by atoms with Crippen molar-refractivity contribution in [2.24, 2.45) is 0 Å². The molecule has 8 heteroatoms. The van der Waals surface area contributed by atoms with E-state index in [2.05, 4.69) is 0 Å². The lowest BCUT2D eigenvalue weighted by molar-refractivity contribution is -0.138. The van der Waals surface area contributed by atoms with Gasteiger partial charge in [0.05, 0.1) is 31.4 Å². The van der Waals surface area contributed by atoms with Crippen molar-refractivity contribution < 1.29 is 28.9 Å². The SMILES string of the molecule is COCCOc1ccccc1C(=O)N1CCOC(CN(C)CC(=O)O)C1. The molecule has 1 N–H and O–H groups in total. The smallest absolute Gasteiger partial charge is 0.317 e. The molecule has 1 aromatic carbocycles. The lowest BCUT2D eigenvalue weighted by Gasteiger charge is -2.34. The molecule has 0 bridgehead atoms. The number of nitrogens with zero attached hydrogens (tertiary/aromatic N) is 2. The number of morpholine rings is 1. The monoisotopic (exact) mass is 366 g/mol. The van der Waals surface area contributed by atoms with E-state index in [0.29, 0.717) is 50.8 Å². The molecule has 1 heterocycles. The molecule has 26 heavy (non-hydrogen) atoms. The Balaban J connectivity index is 1.99. The van der Waals surface area contributed by atoms with Crippen LogP contribution in [0.1, 0.15) is 10.4 Å². The minimum absolute atomic E-state index is 0.0655. The molecule has 1 amide bonds. The van der Waals surface area contributed by atoms with Crippen LogP contribution in [0.4, 0.5) is 0 Å². The summed E-state index contributed by atoms with van der Waals surface area (Å²) in [6.07, 6.45) is -0.223. The number of carboxylic acids is 1. The zero-order chi connectivity index (χ0) is 18.9. The summed E-state index contributed by atoms with van der Waals surface area (Å²) in [4.78, 5) is 27.1. The molecule has 1 aromatic rings. The molecule has 1 unspecified atom stereocenters. The molecule has 0 spiro atoms. The number of hydrogen-bond acceptors (Lipinski definition) is 6. The van der Waals surface area contributed by atoms with Crippen molar-refractivity contribution >= 4 is 11.9 Å². The van der Waals surface area contributed by atoms with Crippen LogP contribution in [-0.4, -0.2) is 93.0 Å². The summed E-state index contributed by atoms with van der Waals surface area (Å²) in [5, 5.41) is 8.85. The number of para-hydroxylation sites is 1. The summed E-state index contributed by atoms with van der Waals surface area (Å²) in [6, 6.07) is 7.13. The van der Waals surface area contributed by atoms with Gasteiger partial charge in [0.2, 0.25) is 0 Å². The minimum Gasteiger partial charge on any atom is -0.490 e. The first-order chi connectivity index (χ1) is 12.5. The van der Waals surface area contributed by atoms with E-state index in [-0.39, 0.29) is 18.6 Å². The summed E-state index contributed by atoms with van der Waals surface area (Å²) in [7, 11) is 3.31. The van der Waals surface area contributed by atoms with E-state index in [1.165, 1.54) is 0 Å². The average Bonchev–Trinajstić information content (AvgIpc) is 2.61. The molecule has 1 aliphatic heterocycles. The number of carboxylic acid groups (broad SMARTS) is 1. The van der Waals surface area contributed by atoms with Gasteiger partial charge in [-0.15, -0.1) is 0 Å². The Labute approximate surface area is 153 Å². The Bertz CT molecular complexity index is 609. The maximum Gasteiger partial charge on any atom is 0.317 e. The third-order valence-electron chi connectivity index (χ3n) is 4.01. The number of benzene rings is 1. The van der Waals surface area contributed by atoms with Crippen molar-refractivity contribution in [2.45, 2.75) is 6.10 Å². The maximum atomic E-state index is 12.9. The van der Waals surface area contributed by atoms with Gasteiger partial charge in [0.15, 0.2) is 0 Å². The number of rotatable bonds is 9. The fraction of sp³-hybridized carbons (Fsp3) is 0.556. The highest BCUT2D eigenvalue weighted by Crippen LogP contribution is 2.21. The average molecular weight is 366 g/mol. The van der Waals surface area contributed by atoms with Gasteiger partial charge in [-0.3, -0.25) is 14.5 Å². The molecule has 2 rings (SSSR count). The predicted octanol–water partition coefficient (Wildman–Crippen LogP) is 0.569. The van der Waals surface area contributed by atoms with Crippen LogP contribution in [0.15, 0.2) is 24.3 Å². The van der Waals surface area contributed by atoms with Gasteiger partial charge in [0.25, 0.3) is 5.91 Å². The lowest BCUT2D eigenvalue weighted by atomic mass is 10.1. The van der Waals surface area contributed by atoms with Crippen molar-refractivity contribution in [3.63, 3.8) is 0 Å². The third kappa shape index (κ3) is 5.98. The van der Waals surface area contributed by atoms with Gasteiger partial charge in [-0.25, -0.2) is 0 Å². The van der Waals surface area contributed by atoms with Crippen LogP contribution in [-0.2, 0) is 14.3 Å². The van der Waals surface area contributed by atoms with Crippen molar-refractivity contribution in [3.8, 4) is 5.75 Å². The number of methoxy groups -OCH3 is 1. The van der Waals surface area contributed by atoms with Gasteiger partial charge in [-0.05, 0) is 19.2 Å². The zero-order valence-electron chi connectivity index (χ0n) is 15.2. The van der Waals surface area contributed by atoms with Crippen LogP contribution >= 0.6 is 0 Å². The molecule has 8 nitrogen and oxygen atoms in total. The normalized spacial score (nSPS) is 17.3. The first kappa shape index (κ1) is 20.2. The Kier molecular flexibility index (Phi) is 7.83. The van der Waals surface area contributed by atoms with Crippen LogP contribution in [0.5, 0.6) is 5.75 Å². The molecule has 0 aromatic heterocycles. The van der Waals surface area contributed by atoms with E-state index >= 15 is 0 Å². The second-order valence-corrected chi connectivity index (χ2v) is 6.17. The lowest BCUT2D eigenvalue weighted by Crippen LogP contribution is -2.49. The van der Waals surface area contributed by atoms with Crippen LogP contribution in [0.2, 0.25) is 0 Å². The molecule has 1 saturated heterocycles. The summed E-state index contributed by atoms with van der Waals surface area (Å²) in [5.74, 6) is -0.480. The number of ether oxygens (including phenoxy) is 3. The predicted molar refractivity (Wildman–Crippen MR) is 94.6 cm³/mol. The van der Waals surface area contributed by atoms with E-state index < -0.39 is 5.97 Å². The molecule has 1 fully saturated rings. The van der Waals surface area contributed by atoms with Gasteiger partial charge in [-0.2, -0.15) is 0 Å². The molecule has 144 valence electrons. The summed E-state index contributed by atoms with van der Waals surface area (Å²) >= 11 is 0. The largest absolute Gasteiger partial charge is 0.490 e. The molecular weight excluding hydrogens is 340 g/mol. The molecule has 0 saturated carbocycles. The van der Waals surface area contributed by atoms with Crippen molar-refractivity contribution in [1.82, 2.24) is 9.80 Å². The van der Waals surface area contributed by atoms with Gasteiger partial charge in [0.1, 0.15) is 12.4 Å². The number of carbonyl (C=O) groups is 2. The summed E-state index contributed by atoms with van der Waals surface area (Å²) in [5.41, 5.74) is 0.503. The fourth-order valence-corrected chi connectivity index (χ4v) is 2.83. The van der Waals surface area contributed by atoms with E-state index in [4.69, 9.17) is 19.3 Å². The Morgan fingerprint density at radius 3 is 2.85 bits per heavy atom. The molecule has 0 aliphatic carbocycles. The summed E-state index contributed by atoms with van der Waals surface area (Å²) in [6.45, 7) is 2.51. The third-order valence-corrected chi connectivity index (χ3v) is 4.01. The van der Waals surface area contributed by atoms with Gasteiger partial charge in [-0.1, -0.05) is 12.1 Å². The second-order valence-electron chi connectivity index (χ2n) is 6.17. The van der Waals surface area contributed by atoms with Crippen molar-refractivity contribution in [2.75, 3.05) is 60.2 Å². The van der Waals surface area contributed by atoms with Crippen LogP contribution < -0.4 is 4.74 Å². The van der Waals surface area contributed by atoms with E-state index in [9.17, 15) is 9.59 Å². The van der Waals surface area contributed by atoms with E-state index in [0.717, 1.165) is 0 Å². The molecule has 1 aliphatic rings. The number of aliphatic carboxylic acids is 1. The zero-order valence-corrected chi connectivity index (χ0v) is 15.2. The second kappa shape index (κ2) is 10.1. The standard InChI is InChI=1S/C18H26N2O6/c1-19(13-17(21)22)11-14-12-20(7-8-25-14)18(23)15-5-3-4-6-16(15)26-10-9-24-2/h3-6,14H,7-13H2,1-2H3,(H,21,22). The van der Waals surface area contributed by atoms with Crippen LogP contribution in [0.25, 0.3) is 0 Å². The highest BCUT2D eigenvalue weighted by atomic mass is 16.5. The minimum atomic E-state index is -0.890. The van der Waals surface area contributed by atoms with E-state index in [1.807, 2.05) is 6.07 Å². The summed E-state index contributed by atoms with van der Waals surface area (Å²) < 4.78 is 16.3. The molecule has 1 atom stereocenters. The quantitative estimate of drug-likeness (QED) is 0.639. The topological polar surface area (TPSA) is 88.5 Å². The Morgan fingerprint density at radius 1 is 1.35 bits per heavy atom. The van der Waals surface area contributed by atoms with Crippen molar-refractivity contribution in [3.05, 3.63) is 29.8 Å². The Morgan fingerprint density at radius 2 is 2.12 bits per heavy atom. The van der Waals surface area contributed by atoms with Gasteiger partial charge >= 0.3 is 5.97 Å². The van der Waals surface area contributed by atoms with E-state index in [1.54, 1.807) is 42.2 Å². The molecular formula is C18H26N2O6.